The predicted octanol–water partition coefficient (Wildman–Crippen LogP) is 3.33. The van der Waals surface area contributed by atoms with E-state index in [2.05, 4.69) is 31.3 Å². The molecule has 2 aliphatic rings. The Morgan fingerprint density at radius 2 is 2.09 bits per heavy atom. The van der Waals surface area contributed by atoms with Gasteiger partial charge in [0.15, 0.2) is 5.60 Å². The molecule has 1 fully saturated rings. The van der Waals surface area contributed by atoms with Crippen LogP contribution in [0.1, 0.15) is 50.9 Å². The lowest BCUT2D eigenvalue weighted by Crippen LogP contribution is -2.54. The van der Waals surface area contributed by atoms with Crippen LogP contribution in [0.5, 0.6) is 5.75 Å². The third-order valence-electron chi connectivity index (χ3n) is 5.94. The number of carbonyl (C=O) groups excluding carboxylic acids is 3. The third kappa shape index (κ3) is 5.95. The second kappa shape index (κ2) is 11.6. The van der Waals surface area contributed by atoms with Crippen LogP contribution in [0.3, 0.4) is 0 Å². The number of ether oxygens (including phenoxy) is 2. The number of amides is 3. The van der Waals surface area contributed by atoms with Crippen molar-refractivity contribution in [1.29, 1.82) is 0 Å². The minimum Gasteiger partial charge on any atom is -0.476 e. The van der Waals surface area contributed by atoms with Gasteiger partial charge in [-0.2, -0.15) is 0 Å². The molecule has 1 aromatic carbocycles. The standard InChI is InChI=1S/C23H33BrN4O5.ClH/c1-14(2)28(15-7-6-8-25-13-15)20(29)16-11-18-19(12-17(16)24)33-23(3,4)21(30)27(18)10-9-26-22(31)32-5;/h11-12,14-15,25H,6-10,13H2,1-5H3,(H,26,31);1H/t15-;/m1./s1. The fourth-order valence-electron chi connectivity index (χ4n) is 4.35. The van der Waals surface area contributed by atoms with Crippen molar-refractivity contribution in [1.82, 2.24) is 15.5 Å². The SMILES string of the molecule is COC(=O)NCCN1C(=O)C(C)(C)Oc2cc(Br)c(C(=O)N(C(C)C)[C@@H]3CCCNC3)cc21.Cl. The molecular formula is C23H34BrClN4O5. The van der Waals surface area contributed by atoms with Crippen molar-refractivity contribution < 1.29 is 23.9 Å². The molecule has 0 bridgehead atoms. The number of piperidine rings is 1. The smallest absolute Gasteiger partial charge is 0.406 e. The summed E-state index contributed by atoms with van der Waals surface area (Å²) in [5.41, 5.74) is -0.112. The van der Waals surface area contributed by atoms with Gasteiger partial charge in [0.25, 0.3) is 11.8 Å². The highest BCUT2D eigenvalue weighted by Crippen LogP contribution is 2.41. The molecule has 0 unspecified atom stereocenters. The number of anilines is 1. The fraction of sp³-hybridized carbons (Fsp3) is 0.609. The van der Waals surface area contributed by atoms with E-state index in [4.69, 9.17) is 4.74 Å². The van der Waals surface area contributed by atoms with E-state index < -0.39 is 11.7 Å². The van der Waals surface area contributed by atoms with Crippen LogP contribution in [0, 0.1) is 0 Å². The van der Waals surface area contributed by atoms with Crippen LogP contribution in [-0.2, 0) is 9.53 Å². The molecule has 3 amide bonds. The first-order valence-electron chi connectivity index (χ1n) is 11.3. The Balaban J connectivity index is 0.00000408. The molecule has 2 heterocycles. The molecular weight excluding hydrogens is 528 g/mol. The zero-order chi connectivity index (χ0) is 24.3. The molecule has 2 aliphatic heterocycles. The Kier molecular flexibility index (Phi) is 9.62. The van der Waals surface area contributed by atoms with E-state index >= 15 is 0 Å². The first-order chi connectivity index (χ1) is 15.6. The topological polar surface area (TPSA) is 100 Å². The lowest BCUT2D eigenvalue weighted by molar-refractivity contribution is -0.132. The summed E-state index contributed by atoms with van der Waals surface area (Å²) in [5, 5.41) is 5.97. The lowest BCUT2D eigenvalue weighted by atomic mass is 10.0. The number of nitrogens with zero attached hydrogens (tertiary/aromatic N) is 2. The van der Waals surface area contributed by atoms with Crippen LogP contribution >= 0.6 is 28.3 Å². The minimum absolute atomic E-state index is 0. The van der Waals surface area contributed by atoms with Gasteiger partial charge >= 0.3 is 6.09 Å². The van der Waals surface area contributed by atoms with Crippen LogP contribution in [0.15, 0.2) is 16.6 Å². The van der Waals surface area contributed by atoms with E-state index in [-0.39, 0.29) is 49.4 Å². The maximum atomic E-state index is 13.7. The van der Waals surface area contributed by atoms with Crippen molar-refractivity contribution in [2.75, 3.05) is 38.2 Å². The summed E-state index contributed by atoms with van der Waals surface area (Å²) in [7, 11) is 1.28. The van der Waals surface area contributed by atoms with Gasteiger partial charge in [-0.1, -0.05) is 0 Å². The zero-order valence-electron chi connectivity index (χ0n) is 20.3. The van der Waals surface area contributed by atoms with Crippen molar-refractivity contribution in [2.45, 2.75) is 58.2 Å². The van der Waals surface area contributed by atoms with Gasteiger partial charge < -0.3 is 29.9 Å². The number of fused-ring (bicyclic) bond motifs is 1. The second-order valence-corrected chi connectivity index (χ2v) is 9.95. The van der Waals surface area contributed by atoms with E-state index in [1.807, 2.05) is 18.7 Å². The maximum Gasteiger partial charge on any atom is 0.406 e. The van der Waals surface area contributed by atoms with Gasteiger partial charge in [-0.25, -0.2) is 4.79 Å². The van der Waals surface area contributed by atoms with Crippen molar-refractivity contribution in [3.05, 3.63) is 22.2 Å². The largest absolute Gasteiger partial charge is 0.476 e. The molecule has 0 aromatic heterocycles. The van der Waals surface area contributed by atoms with E-state index in [1.165, 1.54) is 7.11 Å². The highest BCUT2D eigenvalue weighted by Gasteiger charge is 2.42. The normalized spacial score (nSPS) is 19.0. The number of benzene rings is 1. The van der Waals surface area contributed by atoms with E-state index in [1.54, 1.807) is 30.9 Å². The van der Waals surface area contributed by atoms with Crippen LogP contribution in [0.4, 0.5) is 10.5 Å². The van der Waals surface area contributed by atoms with Crippen LogP contribution in [0.25, 0.3) is 0 Å². The second-order valence-electron chi connectivity index (χ2n) is 9.09. The van der Waals surface area contributed by atoms with Gasteiger partial charge in [-0.05, 0) is 75.1 Å². The molecule has 3 rings (SSSR count). The van der Waals surface area contributed by atoms with Crippen molar-refractivity contribution in [3.63, 3.8) is 0 Å². The Bertz CT molecular complexity index is 921. The quantitative estimate of drug-likeness (QED) is 0.553. The first-order valence-corrected chi connectivity index (χ1v) is 12.1. The average Bonchev–Trinajstić information content (AvgIpc) is 2.76. The number of hydrogen-bond donors (Lipinski definition) is 2. The molecule has 1 aromatic rings. The number of alkyl carbamates (subject to hydrolysis) is 1. The van der Waals surface area contributed by atoms with Gasteiger partial charge in [0.1, 0.15) is 5.75 Å². The summed E-state index contributed by atoms with van der Waals surface area (Å²) in [6, 6.07) is 3.57. The number of rotatable bonds is 6. The van der Waals surface area contributed by atoms with Crippen LogP contribution in [0.2, 0.25) is 0 Å². The molecule has 0 aliphatic carbocycles. The monoisotopic (exact) mass is 560 g/mol. The van der Waals surface area contributed by atoms with Gasteiger partial charge in [0.2, 0.25) is 0 Å². The summed E-state index contributed by atoms with van der Waals surface area (Å²) < 4.78 is 11.2. The van der Waals surface area contributed by atoms with E-state index in [9.17, 15) is 14.4 Å². The first kappa shape index (κ1) is 28.2. The van der Waals surface area contributed by atoms with Crippen molar-refractivity contribution in [2.24, 2.45) is 0 Å². The highest BCUT2D eigenvalue weighted by atomic mass is 79.9. The number of hydrogen-bond acceptors (Lipinski definition) is 6. The van der Waals surface area contributed by atoms with Crippen LogP contribution < -0.4 is 20.3 Å². The lowest BCUT2D eigenvalue weighted by Gasteiger charge is -2.40. The molecule has 0 radical (unpaired) electrons. The summed E-state index contributed by atoms with van der Waals surface area (Å²) in [5.74, 6) is 0.148. The zero-order valence-corrected chi connectivity index (χ0v) is 22.7. The number of carbonyl (C=O) groups is 3. The molecule has 9 nitrogen and oxygen atoms in total. The Morgan fingerprint density at radius 3 is 2.68 bits per heavy atom. The van der Waals surface area contributed by atoms with E-state index in [0.717, 1.165) is 25.9 Å². The summed E-state index contributed by atoms with van der Waals surface area (Å²) >= 11 is 3.55. The Morgan fingerprint density at radius 1 is 1.38 bits per heavy atom. The summed E-state index contributed by atoms with van der Waals surface area (Å²) in [4.78, 5) is 41.8. The number of methoxy groups -OCH3 is 1. The Labute approximate surface area is 215 Å². The minimum atomic E-state index is -1.08. The van der Waals surface area contributed by atoms with Gasteiger partial charge in [-0.15, -0.1) is 12.4 Å². The molecule has 11 heteroatoms. The summed E-state index contributed by atoms with van der Waals surface area (Å²) in [6.07, 6.45) is 1.39. The molecule has 1 saturated heterocycles. The molecule has 1 atom stereocenters. The Hall–Kier alpha value is -2.04. The van der Waals surface area contributed by atoms with E-state index in [0.29, 0.717) is 21.5 Å². The van der Waals surface area contributed by atoms with Crippen LogP contribution in [-0.4, -0.2) is 73.8 Å². The van der Waals surface area contributed by atoms with Crippen molar-refractivity contribution >= 4 is 51.9 Å². The molecule has 34 heavy (non-hydrogen) atoms. The third-order valence-corrected chi connectivity index (χ3v) is 6.60. The molecule has 2 N–H and O–H groups in total. The van der Waals surface area contributed by atoms with Crippen molar-refractivity contribution in [3.8, 4) is 5.75 Å². The van der Waals surface area contributed by atoms with Gasteiger partial charge in [0.05, 0.1) is 18.4 Å². The highest BCUT2D eigenvalue weighted by molar-refractivity contribution is 9.10. The average molecular weight is 562 g/mol. The molecule has 0 spiro atoms. The molecule has 190 valence electrons. The van der Waals surface area contributed by atoms with Gasteiger partial charge in [-0.3, -0.25) is 9.59 Å². The predicted molar refractivity (Wildman–Crippen MR) is 136 cm³/mol. The fourth-order valence-corrected chi connectivity index (χ4v) is 4.84. The van der Waals surface area contributed by atoms with Gasteiger partial charge in [0, 0.05) is 36.2 Å². The molecule has 0 saturated carbocycles. The maximum absolute atomic E-state index is 13.7. The number of nitrogens with one attached hydrogen (secondary N) is 2. The number of halogens is 2. The summed E-state index contributed by atoms with van der Waals surface area (Å²) in [6.45, 7) is 9.54.